The number of nitrogens with two attached hydrogens (primary N) is 2. The van der Waals surface area contributed by atoms with Crippen LogP contribution in [0.1, 0.15) is 4.88 Å². The van der Waals surface area contributed by atoms with Crippen molar-refractivity contribution in [1.29, 1.82) is 0 Å². The lowest BCUT2D eigenvalue weighted by Crippen LogP contribution is -2.40. The van der Waals surface area contributed by atoms with Gasteiger partial charge in [0.05, 0.1) is 4.21 Å². The SMILES string of the molecule is Cc1ccc(S/C(=N/N)N(N)CCN(C)C)s1. The number of hydrazine groups is 1. The van der Waals surface area contributed by atoms with E-state index in [0.717, 1.165) is 10.8 Å². The Balaban J connectivity index is 2.54. The maximum atomic E-state index is 5.91. The summed E-state index contributed by atoms with van der Waals surface area (Å²) in [5.74, 6) is 11.3. The molecule has 0 bridgehead atoms. The smallest absolute Gasteiger partial charge is 0.202 e. The number of hydrogen-bond donors (Lipinski definition) is 2. The van der Waals surface area contributed by atoms with Gasteiger partial charge in [0.1, 0.15) is 0 Å². The Morgan fingerprint density at radius 3 is 2.59 bits per heavy atom. The molecule has 1 aromatic rings. The van der Waals surface area contributed by atoms with Crippen molar-refractivity contribution in [3.05, 3.63) is 17.0 Å². The van der Waals surface area contributed by atoms with Crippen LogP contribution in [0.4, 0.5) is 0 Å². The van der Waals surface area contributed by atoms with E-state index in [2.05, 4.69) is 29.1 Å². The Labute approximate surface area is 110 Å². The molecule has 1 aromatic heterocycles. The number of amidine groups is 1. The molecule has 1 heterocycles. The van der Waals surface area contributed by atoms with Crippen molar-refractivity contribution in [3.8, 4) is 0 Å². The molecule has 0 saturated heterocycles. The molecule has 0 aliphatic carbocycles. The lowest BCUT2D eigenvalue weighted by molar-refractivity contribution is 0.338. The fourth-order valence-electron chi connectivity index (χ4n) is 1.12. The molecule has 0 saturated carbocycles. The molecule has 1 rings (SSSR count). The molecule has 96 valence electrons. The van der Waals surface area contributed by atoms with Crippen molar-refractivity contribution in [2.45, 2.75) is 11.1 Å². The summed E-state index contributed by atoms with van der Waals surface area (Å²) in [6.07, 6.45) is 0. The summed E-state index contributed by atoms with van der Waals surface area (Å²) in [6.45, 7) is 3.63. The van der Waals surface area contributed by atoms with Crippen LogP contribution in [-0.2, 0) is 0 Å². The molecule has 0 fully saturated rings. The Bertz CT molecular complexity index is 375. The van der Waals surface area contributed by atoms with E-state index in [1.807, 2.05) is 14.1 Å². The van der Waals surface area contributed by atoms with Crippen molar-refractivity contribution in [2.24, 2.45) is 16.8 Å². The normalized spacial score (nSPS) is 12.2. The van der Waals surface area contributed by atoms with Gasteiger partial charge in [-0.3, -0.25) is 5.01 Å². The summed E-state index contributed by atoms with van der Waals surface area (Å²) < 4.78 is 1.15. The number of likely N-dealkylation sites (N-methyl/N-ethyl adjacent to an activating group) is 1. The van der Waals surface area contributed by atoms with Crippen molar-refractivity contribution >= 4 is 28.3 Å². The number of thioether (sulfide) groups is 1. The van der Waals surface area contributed by atoms with Crippen LogP contribution in [0, 0.1) is 6.92 Å². The Morgan fingerprint density at radius 2 is 2.12 bits per heavy atom. The van der Waals surface area contributed by atoms with E-state index in [9.17, 15) is 0 Å². The largest absolute Gasteiger partial charge is 0.321 e. The summed E-state index contributed by atoms with van der Waals surface area (Å²) in [5, 5.41) is 5.96. The average molecular weight is 273 g/mol. The number of hydrazone groups is 1. The van der Waals surface area contributed by atoms with Gasteiger partial charge in [0.2, 0.25) is 5.17 Å². The van der Waals surface area contributed by atoms with Crippen molar-refractivity contribution in [2.75, 3.05) is 27.2 Å². The van der Waals surface area contributed by atoms with E-state index in [4.69, 9.17) is 11.7 Å². The van der Waals surface area contributed by atoms with Gasteiger partial charge in [-0.15, -0.1) is 11.3 Å². The number of hydrogen-bond acceptors (Lipinski definition) is 6. The van der Waals surface area contributed by atoms with Gasteiger partial charge in [-0.05, 0) is 44.9 Å². The van der Waals surface area contributed by atoms with Crippen LogP contribution in [0.5, 0.6) is 0 Å². The molecule has 7 heteroatoms. The fraction of sp³-hybridized carbons (Fsp3) is 0.500. The zero-order chi connectivity index (χ0) is 12.8. The molecule has 5 nitrogen and oxygen atoms in total. The van der Waals surface area contributed by atoms with Crippen LogP contribution in [0.3, 0.4) is 0 Å². The highest BCUT2D eigenvalue weighted by molar-refractivity contribution is 8.15. The molecule has 0 aliphatic rings. The molecular formula is C10H19N5S2. The number of thiophene rings is 1. The summed E-state index contributed by atoms with van der Waals surface area (Å²) in [5.41, 5.74) is 0. The summed E-state index contributed by atoms with van der Waals surface area (Å²) in [7, 11) is 4.01. The predicted octanol–water partition coefficient (Wildman–Crippen LogP) is 1.12. The van der Waals surface area contributed by atoms with E-state index < -0.39 is 0 Å². The molecule has 0 atom stereocenters. The minimum Gasteiger partial charge on any atom is -0.321 e. The second-order valence-electron chi connectivity index (χ2n) is 3.88. The van der Waals surface area contributed by atoms with Gasteiger partial charge < -0.3 is 10.7 Å². The van der Waals surface area contributed by atoms with E-state index in [1.165, 1.54) is 16.6 Å². The first-order valence-electron chi connectivity index (χ1n) is 5.22. The second-order valence-corrected chi connectivity index (χ2v) is 6.43. The van der Waals surface area contributed by atoms with Crippen LogP contribution in [0.2, 0.25) is 0 Å². The lowest BCUT2D eigenvalue weighted by atomic mass is 10.5. The second kappa shape index (κ2) is 6.85. The number of aryl methyl sites for hydroxylation is 1. The maximum absolute atomic E-state index is 5.91. The van der Waals surface area contributed by atoms with Crippen LogP contribution in [0.25, 0.3) is 0 Å². The van der Waals surface area contributed by atoms with E-state index >= 15 is 0 Å². The molecule has 0 unspecified atom stereocenters. The van der Waals surface area contributed by atoms with Gasteiger partial charge in [0.15, 0.2) is 0 Å². The molecule has 0 aliphatic heterocycles. The fourth-order valence-corrected chi connectivity index (χ4v) is 3.07. The van der Waals surface area contributed by atoms with Gasteiger partial charge in [-0.25, -0.2) is 5.84 Å². The van der Waals surface area contributed by atoms with E-state index in [0.29, 0.717) is 11.7 Å². The van der Waals surface area contributed by atoms with Crippen LogP contribution in [-0.4, -0.2) is 42.3 Å². The molecule has 0 radical (unpaired) electrons. The minimum atomic E-state index is 0.633. The third-order valence-electron chi connectivity index (χ3n) is 2.05. The van der Waals surface area contributed by atoms with E-state index in [-0.39, 0.29) is 0 Å². The first kappa shape index (κ1) is 14.3. The van der Waals surface area contributed by atoms with Crippen LogP contribution < -0.4 is 11.7 Å². The Morgan fingerprint density at radius 1 is 1.41 bits per heavy atom. The van der Waals surface area contributed by atoms with Crippen molar-refractivity contribution < 1.29 is 0 Å². The third-order valence-corrected chi connectivity index (χ3v) is 4.21. The maximum Gasteiger partial charge on any atom is 0.202 e. The van der Waals surface area contributed by atoms with Crippen molar-refractivity contribution in [3.63, 3.8) is 0 Å². The highest BCUT2D eigenvalue weighted by Crippen LogP contribution is 2.28. The first-order chi connectivity index (χ1) is 8.02. The molecule has 4 N–H and O–H groups in total. The van der Waals surface area contributed by atoms with Crippen molar-refractivity contribution in [1.82, 2.24) is 9.91 Å². The summed E-state index contributed by atoms with van der Waals surface area (Å²) in [4.78, 5) is 3.33. The number of nitrogens with zero attached hydrogens (tertiary/aromatic N) is 3. The zero-order valence-electron chi connectivity index (χ0n) is 10.4. The minimum absolute atomic E-state index is 0.633. The summed E-state index contributed by atoms with van der Waals surface area (Å²) in [6, 6.07) is 4.12. The average Bonchev–Trinajstić information content (AvgIpc) is 2.68. The standard InChI is InChI=1S/C10H19N5S2/c1-8-4-5-9(16-8)17-10(13-11)15(12)7-6-14(2)3/h4-5H,6-7,11-12H2,1-3H3/b13-10+. The molecule has 17 heavy (non-hydrogen) atoms. The van der Waals surface area contributed by atoms with E-state index in [1.54, 1.807) is 16.3 Å². The van der Waals surface area contributed by atoms with Gasteiger partial charge in [0.25, 0.3) is 0 Å². The van der Waals surface area contributed by atoms with Gasteiger partial charge in [0, 0.05) is 18.0 Å². The zero-order valence-corrected chi connectivity index (χ0v) is 12.0. The molecule has 0 spiro atoms. The Kier molecular flexibility index (Phi) is 5.76. The quantitative estimate of drug-likeness (QED) is 0.283. The first-order valence-corrected chi connectivity index (χ1v) is 6.85. The Hall–Kier alpha value is -0.760. The predicted molar refractivity (Wildman–Crippen MR) is 76.0 cm³/mol. The van der Waals surface area contributed by atoms with Gasteiger partial charge in [-0.1, -0.05) is 0 Å². The lowest BCUT2D eigenvalue weighted by Gasteiger charge is -2.20. The van der Waals surface area contributed by atoms with Crippen LogP contribution >= 0.6 is 23.1 Å². The summed E-state index contributed by atoms with van der Waals surface area (Å²) >= 11 is 3.20. The van der Waals surface area contributed by atoms with Crippen LogP contribution in [0.15, 0.2) is 21.4 Å². The topological polar surface area (TPSA) is 70.9 Å². The number of rotatable bonds is 4. The molecular weight excluding hydrogens is 254 g/mol. The molecule has 0 amide bonds. The molecule has 0 aromatic carbocycles. The third kappa shape index (κ3) is 4.95. The van der Waals surface area contributed by atoms with Gasteiger partial charge in [-0.2, -0.15) is 5.10 Å². The highest BCUT2D eigenvalue weighted by Gasteiger charge is 2.10. The monoisotopic (exact) mass is 273 g/mol. The van der Waals surface area contributed by atoms with Gasteiger partial charge >= 0.3 is 0 Å². The highest BCUT2D eigenvalue weighted by atomic mass is 32.2.